The fourth-order valence-corrected chi connectivity index (χ4v) is 4.06. The van der Waals surface area contributed by atoms with E-state index < -0.39 is 11.2 Å². The third-order valence-electron chi connectivity index (χ3n) is 5.71. The summed E-state index contributed by atoms with van der Waals surface area (Å²) in [6.45, 7) is 2.80. The monoisotopic (exact) mass is 454 g/mol. The Morgan fingerprint density at radius 1 is 1.09 bits per heavy atom. The predicted molar refractivity (Wildman–Crippen MR) is 120 cm³/mol. The van der Waals surface area contributed by atoms with Crippen molar-refractivity contribution in [3.63, 3.8) is 0 Å². The van der Waals surface area contributed by atoms with Crippen LogP contribution in [0.1, 0.15) is 25.5 Å². The number of amides is 2. The Hall–Kier alpha value is -3.82. The number of para-hydroxylation sites is 1. The molecule has 3 aromatic rings. The zero-order valence-corrected chi connectivity index (χ0v) is 18.4. The molecule has 0 unspecified atom stereocenters. The third-order valence-corrected chi connectivity index (χ3v) is 5.71. The summed E-state index contributed by atoms with van der Waals surface area (Å²) in [5.41, 5.74) is -0.618. The molecule has 10 nitrogen and oxygen atoms in total. The van der Waals surface area contributed by atoms with Gasteiger partial charge in [0.1, 0.15) is 12.3 Å². The van der Waals surface area contributed by atoms with E-state index >= 15 is 0 Å². The lowest BCUT2D eigenvalue weighted by Gasteiger charge is -2.31. The molecular weight excluding hydrogens is 428 g/mol. The summed E-state index contributed by atoms with van der Waals surface area (Å²) in [5, 5.41) is 3.29. The van der Waals surface area contributed by atoms with Crippen molar-refractivity contribution in [2.75, 3.05) is 19.7 Å². The highest BCUT2D eigenvalue weighted by Crippen LogP contribution is 2.12. The number of ether oxygens (including phenoxy) is 1. The second-order valence-electron chi connectivity index (χ2n) is 7.88. The average Bonchev–Trinajstić information content (AvgIpc) is 3.33. The molecule has 1 saturated heterocycles. The van der Waals surface area contributed by atoms with Crippen LogP contribution in [0.2, 0.25) is 0 Å². The molecule has 0 spiro atoms. The first kappa shape index (κ1) is 22.4. The number of likely N-dealkylation sites (tertiary alicyclic amines) is 1. The highest BCUT2D eigenvalue weighted by atomic mass is 16.6. The molecule has 1 fully saturated rings. The predicted octanol–water partition coefficient (Wildman–Crippen LogP) is 1.54. The lowest BCUT2D eigenvalue weighted by molar-refractivity contribution is -0.122. The number of nitrogens with one attached hydrogen (secondary N) is 1. The van der Waals surface area contributed by atoms with E-state index in [4.69, 9.17) is 9.15 Å². The van der Waals surface area contributed by atoms with Crippen LogP contribution >= 0.6 is 0 Å². The van der Waals surface area contributed by atoms with Crippen LogP contribution < -0.4 is 16.6 Å². The van der Waals surface area contributed by atoms with Gasteiger partial charge >= 0.3 is 11.8 Å². The van der Waals surface area contributed by atoms with E-state index in [1.54, 1.807) is 48.2 Å². The molecule has 174 valence electrons. The molecule has 4 rings (SSSR count). The molecule has 1 aliphatic rings. The standard InChI is InChI=1S/C23H26N4O6/c1-2-32-23(31)25-11-9-16(10-12-25)24-20(28)15-26-19-8-4-3-7-18(19)21(29)27(22(26)30)14-17-6-5-13-33-17/h3-8,13,16H,2,9-12,14-15H2,1H3,(H,24,28). The first-order chi connectivity index (χ1) is 16.0. The van der Waals surface area contributed by atoms with Crippen LogP contribution in [-0.2, 0) is 22.6 Å². The van der Waals surface area contributed by atoms with Crippen LogP contribution in [0.5, 0.6) is 0 Å². The molecule has 0 aliphatic carbocycles. The highest BCUT2D eigenvalue weighted by Gasteiger charge is 2.25. The third kappa shape index (κ3) is 4.84. The largest absolute Gasteiger partial charge is 0.467 e. The molecule has 0 bridgehead atoms. The first-order valence-electron chi connectivity index (χ1n) is 10.9. The van der Waals surface area contributed by atoms with Crippen LogP contribution in [0.25, 0.3) is 10.9 Å². The number of rotatable bonds is 6. The van der Waals surface area contributed by atoms with Gasteiger partial charge in [-0.25, -0.2) is 9.59 Å². The van der Waals surface area contributed by atoms with Crippen LogP contribution in [-0.4, -0.2) is 51.8 Å². The molecule has 2 aromatic heterocycles. The lowest BCUT2D eigenvalue weighted by atomic mass is 10.1. The number of hydrogen-bond donors (Lipinski definition) is 1. The topological polar surface area (TPSA) is 116 Å². The van der Waals surface area contributed by atoms with Crippen molar-refractivity contribution in [2.24, 2.45) is 0 Å². The van der Waals surface area contributed by atoms with E-state index in [1.165, 1.54) is 10.8 Å². The van der Waals surface area contributed by atoms with Gasteiger partial charge in [-0.15, -0.1) is 0 Å². The van der Waals surface area contributed by atoms with Gasteiger partial charge in [-0.1, -0.05) is 12.1 Å². The Balaban J connectivity index is 1.52. The van der Waals surface area contributed by atoms with Crippen LogP contribution in [0.15, 0.2) is 56.7 Å². The van der Waals surface area contributed by atoms with Crippen molar-refractivity contribution < 1.29 is 18.7 Å². The zero-order chi connectivity index (χ0) is 23.4. The van der Waals surface area contributed by atoms with Gasteiger partial charge in [-0.3, -0.25) is 18.7 Å². The van der Waals surface area contributed by atoms with E-state index in [2.05, 4.69) is 5.32 Å². The Kier molecular flexibility index (Phi) is 6.62. The number of carbonyl (C=O) groups excluding carboxylic acids is 2. The number of piperidine rings is 1. The number of carbonyl (C=O) groups is 2. The van der Waals surface area contributed by atoms with Gasteiger partial charge in [0, 0.05) is 19.1 Å². The number of fused-ring (bicyclic) bond motifs is 1. The fraction of sp³-hybridized carbons (Fsp3) is 0.391. The number of hydrogen-bond acceptors (Lipinski definition) is 6. The first-order valence-corrected chi connectivity index (χ1v) is 10.9. The van der Waals surface area contributed by atoms with Crippen molar-refractivity contribution >= 4 is 22.9 Å². The molecule has 10 heteroatoms. The maximum absolute atomic E-state index is 13.2. The number of benzene rings is 1. The number of furan rings is 1. The van der Waals surface area contributed by atoms with Crippen molar-refractivity contribution in [3.05, 3.63) is 69.3 Å². The van der Waals surface area contributed by atoms with Crippen molar-refractivity contribution in [1.82, 2.24) is 19.4 Å². The van der Waals surface area contributed by atoms with Gasteiger partial charge in [0.2, 0.25) is 5.91 Å². The van der Waals surface area contributed by atoms with E-state index in [-0.39, 0.29) is 31.1 Å². The van der Waals surface area contributed by atoms with E-state index in [0.29, 0.717) is 49.2 Å². The Labute approximate surface area is 189 Å². The molecule has 2 amide bonds. The molecular formula is C23H26N4O6. The summed E-state index contributed by atoms with van der Waals surface area (Å²) in [6.07, 6.45) is 2.32. The molecule has 0 radical (unpaired) electrons. The maximum atomic E-state index is 13.2. The molecule has 0 atom stereocenters. The molecule has 0 saturated carbocycles. The smallest absolute Gasteiger partial charge is 0.409 e. The maximum Gasteiger partial charge on any atom is 0.409 e. The lowest BCUT2D eigenvalue weighted by Crippen LogP contribution is -2.48. The number of nitrogens with zero attached hydrogens (tertiary/aromatic N) is 3. The minimum Gasteiger partial charge on any atom is -0.467 e. The van der Waals surface area contributed by atoms with E-state index in [0.717, 1.165) is 4.57 Å². The van der Waals surface area contributed by atoms with Gasteiger partial charge in [-0.05, 0) is 44.0 Å². The molecule has 1 aromatic carbocycles. The second kappa shape index (κ2) is 9.76. The van der Waals surface area contributed by atoms with Gasteiger partial charge in [0.15, 0.2) is 0 Å². The fourth-order valence-electron chi connectivity index (χ4n) is 4.06. The molecule has 3 heterocycles. The summed E-state index contributed by atoms with van der Waals surface area (Å²) in [6, 6.07) is 9.97. The SMILES string of the molecule is CCOC(=O)N1CCC(NC(=O)Cn2c(=O)n(Cc3ccco3)c(=O)c3ccccc32)CC1. The minimum absolute atomic E-state index is 0.0244. The Bertz CT molecular complexity index is 1250. The van der Waals surface area contributed by atoms with Gasteiger partial charge in [0.05, 0.1) is 30.3 Å². The van der Waals surface area contributed by atoms with Gasteiger partial charge in [-0.2, -0.15) is 0 Å². The minimum atomic E-state index is -0.581. The summed E-state index contributed by atoms with van der Waals surface area (Å²) in [4.78, 5) is 52.4. The van der Waals surface area contributed by atoms with Gasteiger partial charge < -0.3 is 19.4 Å². The summed E-state index contributed by atoms with van der Waals surface area (Å²) >= 11 is 0. The van der Waals surface area contributed by atoms with Crippen molar-refractivity contribution in [3.8, 4) is 0 Å². The van der Waals surface area contributed by atoms with Crippen LogP contribution in [0.4, 0.5) is 4.79 Å². The second-order valence-corrected chi connectivity index (χ2v) is 7.88. The van der Waals surface area contributed by atoms with Crippen LogP contribution in [0.3, 0.4) is 0 Å². The Morgan fingerprint density at radius 2 is 1.85 bits per heavy atom. The summed E-state index contributed by atoms with van der Waals surface area (Å²) in [7, 11) is 0. The zero-order valence-electron chi connectivity index (χ0n) is 18.4. The summed E-state index contributed by atoms with van der Waals surface area (Å²) in [5.74, 6) is 0.133. The van der Waals surface area contributed by atoms with Gasteiger partial charge in [0.25, 0.3) is 5.56 Å². The van der Waals surface area contributed by atoms with Crippen molar-refractivity contribution in [2.45, 2.75) is 38.9 Å². The molecule has 1 aliphatic heterocycles. The van der Waals surface area contributed by atoms with E-state index in [1.807, 2.05) is 0 Å². The van der Waals surface area contributed by atoms with Crippen LogP contribution in [0, 0.1) is 0 Å². The summed E-state index contributed by atoms with van der Waals surface area (Å²) < 4.78 is 12.7. The van der Waals surface area contributed by atoms with E-state index in [9.17, 15) is 19.2 Å². The molecule has 1 N–H and O–H groups in total. The Morgan fingerprint density at radius 3 is 2.55 bits per heavy atom. The molecule has 33 heavy (non-hydrogen) atoms. The van der Waals surface area contributed by atoms with Crippen molar-refractivity contribution in [1.29, 1.82) is 0 Å². The average molecular weight is 454 g/mol. The highest BCUT2D eigenvalue weighted by molar-refractivity contribution is 5.81. The quantitative estimate of drug-likeness (QED) is 0.604. The normalized spacial score (nSPS) is 14.4. The number of aromatic nitrogens is 2.